The Hall–Kier alpha value is -0.570. The van der Waals surface area contributed by atoms with Gasteiger partial charge in [-0.25, -0.2) is 0 Å². The first-order chi connectivity index (χ1) is 9.66. The number of hydrogen-bond donors (Lipinski definition) is 1. The number of carbonyl (C=O) groups excluding carboxylic acids is 1. The number of amides is 1. The molecule has 5 unspecified atom stereocenters. The van der Waals surface area contributed by atoms with Crippen molar-refractivity contribution in [2.45, 2.75) is 83.3 Å². The van der Waals surface area contributed by atoms with Crippen molar-refractivity contribution in [3.05, 3.63) is 0 Å². The van der Waals surface area contributed by atoms with Gasteiger partial charge in [0.1, 0.15) is 0 Å². The maximum absolute atomic E-state index is 12.8. The Labute approximate surface area is 123 Å². The van der Waals surface area contributed by atoms with E-state index < -0.39 is 0 Å². The van der Waals surface area contributed by atoms with Gasteiger partial charge in [0, 0.05) is 18.6 Å². The lowest BCUT2D eigenvalue weighted by atomic mass is 9.77. The van der Waals surface area contributed by atoms with Gasteiger partial charge in [-0.05, 0) is 57.3 Å². The molecule has 1 N–H and O–H groups in total. The molecule has 2 saturated heterocycles. The highest BCUT2D eigenvalue weighted by Crippen LogP contribution is 2.33. The third-order valence-corrected chi connectivity index (χ3v) is 6.11. The van der Waals surface area contributed by atoms with Crippen LogP contribution in [0.3, 0.4) is 0 Å². The molecule has 2 aliphatic heterocycles. The predicted octanol–water partition coefficient (Wildman–Crippen LogP) is 2.94. The Bertz CT molecular complexity index is 357. The number of piperidine rings is 2. The van der Waals surface area contributed by atoms with Crippen molar-refractivity contribution in [3.8, 4) is 0 Å². The van der Waals surface area contributed by atoms with Crippen LogP contribution in [0.1, 0.15) is 65.2 Å². The predicted molar refractivity (Wildman–Crippen MR) is 81.5 cm³/mol. The van der Waals surface area contributed by atoms with E-state index in [1.807, 2.05) is 0 Å². The Morgan fingerprint density at radius 1 is 1.00 bits per heavy atom. The van der Waals surface area contributed by atoms with Crippen molar-refractivity contribution in [2.24, 2.45) is 11.8 Å². The third kappa shape index (κ3) is 2.74. The van der Waals surface area contributed by atoms with E-state index in [1.165, 1.54) is 44.9 Å². The van der Waals surface area contributed by atoms with E-state index in [9.17, 15) is 4.79 Å². The van der Waals surface area contributed by atoms with Gasteiger partial charge in [-0.3, -0.25) is 4.79 Å². The smallest absolute Gasteiger partial charge is 0.239 e. The summed E-state index contributed by atoms with van der Waals surface area (Å²) in [7, 11) is 0. The average molecular weight is 278 g/mol. The molecule has 0 spiro atoms. The maximum Gasteiger partial charge on any atom is 0.239 e. The molecule has 114 valence electrons. The molecule has 20 heavy (non-hydrogen) atoms. The third-order valence-electron chi connectivity index (χ3n) is 6.11. The summed E-state index contributed by atoms with van der Waals surface area (Å²) in [6.45, 7) is 5.49. The van der Waals surface area contributed by atoms with E-state index in [1.54, 1.807) is 0 Å². The zero-order chi connectivity index (χ0) is 14.1. The highest BCUT2D eigenvalue weighted by Gasteiger charge is 2.38. The van der Waals surface area contributed by atoms with Gasteiger partial charge in [0.15, 0.2) is 0 Å². The highest BCUT2D eigenvalue weighted by atomic mass is 16.2. The minimum Gasteiger partial charge on any atom is -0.338 e. The van der Waals surface area contributed by atoms with Crippen LogP contribution in [0.2, 0.25) is 0 Å². The largest absolute Gasteiger partial charge is 0.338 e. The maximum atomic E-state index is 12.8. The van der Waals surface area contributed by atoms with Crippen LogP contribution in [0.25, 0.3) is 0 Å². The quantitative estimate of drug-likeness (QED) is 0.800. The molecule has 1 saturated carbocycles. The van der Waals surface area contributed by atoms with Gasteiger partial charge in [-0.1, -0.05) is 19.8 Å². The number of carbonyl (C=O) groups is 1. The molecule has 5 atom stereocenters. The second kappa shape index (κ2) is 6.05. The summed E-state index contributed by atoms with van der Waals surface area (Å²) in [5.41, 5.74) is 0. The minimum absolute atomic E-state index is 0.0992. The molecule has 0 aromatic carbocycles. The van der Waals surface area contributed by atoms with E-state index in [2.05, 4.69) is 24.1 Å². The van der Waals surface area contributed by atoms with Gasteiger partial charge in [0.25, 0.3) is 0 Å². The van der Waals surface area contributed by atoms with Crippen LogP contribution in [-0.2, 0) is 4.79 Å². The Morgan fingerprint density at radius 2 is 1.80 bits per heavy atom. The molecule has 3 rings (SSSR count). The minimum atomic E-state index is 0.0992. The summed E-state index contributed by atoms with van der Waals surface area (Å²) in [6, 6.07) is 1.13. The van der Waals surface area contributed by atoms with E-state index >= 15 is 0 Å². The van der Waals surface area contributed by atoms with Gasteiger partial charge in [-0.15, -0.1) is 0 Å². The van der Waals surface area contributed by atoms with Crippen LogP contribution in [0.15, 0.2) is 0 Å². The number of rotatable bonds is 1. The summed E-state index contributed by atoms with van der Waals surface area (Å²) in [5, 5.41) is 3.70. The Balaban J connectivity index is 1.62. The van der Waals surface area contributed by atoms with Gasteiger partial charge >= 0.3 is 0 Å². The fourth-order valence-electron chi connectivity index (χ4n) is 4.54. The molecule has 0 bridgehead atoms. The van der Waals surface area contributed by atoms with Crippen LogP contribution in [-0.4, -0.2) is 35.5 Å². The van der Waals surface area contributed by atoms with E-state index in [0.29, 0.717) is 23.9 Å². The van der Waals surface area contributed by atoms with Crippen LogP contribution < -0.4 is 5.32 Å². The zero-order valence-corrected chi connectivity index (χ0v) is 13.1. The zero-order valence-electron chi connectivity index (χ0n) is 13.1. The summed E-state index contributed by atoms with van der Waals surface area (Å²) in [6.07, 6.45) is 10.1. The topological polar surface area (TPSA) is 32.3 Å². The number of likely N-dealkylation sites (tertiary alicyclic amines) is 1. The molecule has 1 amide bonds. The normalized spacial score (nSPS) is 42.1. The average Bonchev–Trinajstić information content (AvgIpc) is 2.49. The molecule has 3 fully saturated rings. The molecule has 3 heteroatoms. The first-order valence-corrected chi connectivity index (χ1v) is 8.73. The van der Waals surface area contributed by atoms with Gasteiger partial charge < -0.3 is 10.2 Å². The number of nitrogens with zero attached hydrogens (tertiary/aromatic N) is 1. The lowest BCUT2D eigenvalue weighted by molar-refractivity contribution is -0.139. The number of nitrogens with one attached hydrogen (secondary N) is 1. The van der Waals surface area contributed by atoms with Crippen molar-refractivity contribution in [3.63, 3.8) is 0 Å². The SMILES string of the molecule is CC1CCCN(C(=O)C2CCC3CCCCC3N2)C1C. The molecule has 0 radical (unpaired) electrons. The standard InChI is InChI=1S/C17H30N2O/c1-12-6-5-11-19(13(12)2)17(20)16-10-9-14-7-3-4-8-15(14)18-16/h12-16,18H,3-11H2,1-2H3. The molecule has 3 aliphatic rings. The Kier molecular flexibility index (Phi) is 4.34. The van der Waals surface area contributed by atoms with E-state index in [4.69, 9.17) is 0 Å². The second-order valence-corrected chi connectivity index (χ2v) is 7.34. The number of hydrogen-bond acceptors (Lipinski definition) is 2. The van der Waals surface area contributed by atoms with Crippen LogP contribution >= 0.6 is 0 Å². The molecule has 2 heterocycles. The van der Waals surface area contributed by atoms with Crippen molar-refractivity contribution in [1.29, 1.82) is 0 Å². The Morgan fingerprint density at radius 3 is 2.65 bits per heavy atom. The van der Waals surface area contributed by atoms with Crippen LogP contribution in [0.4, 0.5) is 0 Å². The van der Waals surface area contributed by atoms with Crippen molar-refractivity contribution >= 4 is 5.91 Å². The van der Waals surface area contributed by atoms with E-state index in [-0.39, 0.29) is 6.04 Å². The first-order valence-electron chi connectivity index (χ1n) is 8.73. The lowest BCUT2D eigenvalue weighted by Crippen LogP contribution is -2.58. The highest BCUT2D eigenvalue weighted by molar-refractivity contribution is 5.82. The monoisotopic (exact) mass is 278 g/mol. The van der Waals surface area contributed by atoms with Crippen LogP contribution in [0.5, 0.6) is 0 Å². The molecule has 1 aliphatic carbocycles. The van der Waals surface area contributed by atoms with Gasteiger partial charge in [0.2, 0.25) is 5.91 Å². The molecular formula is C17H30N2O. The summed E-state index contributed by atoms with van der Waals surface area (Å²) < 4.78 is 0. The first kappa shape index (κ1) is 14.4. The van der Waals surface area contributed by atoms with E-state index in [0.717, 1.165) is 18.9 Å². The summed E-state index contributed by atoms with van der Waals surface area (Å²) in [5.74, 6) is 1.87. The van der Waals surface area contributed by atoms with Crippen molar-refractivity contribution in [1.82, 2.24) is 10.2 Å². The molecular weight excluding hydrogens is 248 g/mol. The fourth-order valence-corrected chi connectivity index (χ4v) is 4.54. The molecule has 0 aromatic rings. The van der Waals surface area contributed by atoms with Crippen molar-refractivity contribution < 1.29 is 4.79 Å². The van der Waals surface area contributed by atoms with Crippen molar-refractivity contribution in [2.75, 3.05) is 6.54 Å². The van der Waals surface area contributed by atoms with Gasteiger partial charge in [0.05, 0.1) is 6.04 Å². The molecule has 0 aromatic heterocycles. The fraction of sp³-hybridized carbons (Fsp3) is 0.941. The lowest BCUT2D eigenvalue weighted by Gasteiger charge is -2.44. The van der Waals surface area contributed by atoms with Gasteiger partial charge in [-0.2, -0.15) is 0 Å². The van der Waals surface area contributed by atoms with Crippen LogP contribution in [0, 0.1) is 11.8 Å². The summed E-state index contributed by atoms with van der Waals surface area (Å²) in [4.78, 5) is 15.0. The number of fused-ring (bicyclic) bond motifs is 1. The summed E-state index contributed by atoms with van der Waals surface area (Å²) >= 11 is 0. The second-order valence-electron chi connectivity index (χ2n) is 7.34. The molecule has 3 nitrogen and oxygen atoms in total.